The predicted octanol–water partition coefficient (Wildman–Crippen LogP) is 3.16. The standard InChI is InChI=1S/C20H26N2O3/c1-16-13-21(14-17-7-4-3-5-8-17)11-6-12-22(16)20(23)19-10-9-18(25-19)15-24-2/h3-5,7-10,16H,6,11-15H2,1-2H3/t16-/m1/s1. The highest BCUT2D eigenvalue weighted by Crippen LogP contribution is 2.18. The Bertz CT molecular complexity index is 683. The molecule has 25 heavy (non-hydrogen) atoms. The number of hydrogen-bond donors (Lipinski definition) is 0. The Balaban J connectivity index is 1.64. The van der Waals surface area contributed by atoms with Crippen molar-refractivity contribution in [1.82, 2.24) is 9.80 Å². The Morgan fingerprint density at radius 2 is 2.00 bits per heavy atom. The molecule has 0 N–H and O–H groups in total. The second-order valence-electron chi connectivity index (χ2n) is 6.62. The third-order valence-electron chi connectivity index (χ3n) is 4.60. The summed E-state index contributed by atoms with van der Waals surface area (Å²) in [6.45, 7) is 6.04. The van der Waals surface area contributed by atoms with Crippen LogP contribution in [-0.2, 0) is 17.9 Å². The summed E-state index contributed by atoms with van der Waals surface area (Å²) in [5.41, 5.74) is 1.31. The van der Waals surface area contributed by atoms with Crippen molar-refractivity contribution in [1.29, 1.82) is 0 Å². The van der Waals surface area contributed by atoms with Gasteiger partial charge >= 0.3 is 0 Å². The lowest BCUT2D eigenvalue weighted by Crippen LogP contribution is -2.42. The number of ether oxygens (including phenoxy) is 1. The van der Waals surface area contributed by atoms with Crippen LogP contribution in [0.3, 0.4) is 0 Å². The van der Waals surface area contributed by atoms with Gasteiger partial charge in [-0.2, -0.15) is 0 Å². The minimum absolute atomic E-state index is 0.0311. The van der Waals surface area contributed by atoms with E-state index >= 15 is 0 Å². The summed E-state index contributed by atoms with van der Waals surface area (Å²) in [6, 6.07) is 14.2. The Morgan fingerprint density at radius 1 is 1.20 bits per heavy atom. The first-order chi connectivity index (χ1) is 12.2. The molecule has 0 bridgehead atoms. The van der Waals surface area contributed by atoms with E-state index in [9.17, 15) is 4.79 Å². The van der Waals surface area contributed by atoms with Gasteiger partial charge in [0.25, 0.3) is 5.91 Å². The summed E-state index contributed by atoms with van der Waals surface area (Å²) in [6.07, 6.45) is 0.967. The van der Waals surface area contributed by atoms with Crippen molar-refractivity contribution in [3.63, 3.8) is 0 Å². The molecule has 0 spiro atoms. The molecular weight excluding hydrogens is 316 g/mol. The summed E-state index contributed by atoms with van der Waals surface area (Å²) in [5, 5.41) is 0. The lowest BCUT2D eigenvalue weighted by molar-refractivity contribution is 0.0652. The number of carbonyl (C=O) groups is 1. The van der Waals surface area contributed by atoms with Gasteiger partial charge in [-0.3, -0.25) is 9.69 Å². The normalized spacial score (nSPS) is 19.0. The highest BCUT2D eigenvalue weighted by Gasteiger charge is 2.27. The smallest absolute Gasteiger partial charge is 0.289 e. The molecule has 5 nitrogen and oxygen atoms in total. The molecule has 5 heteroatoms. The van der Waals surface area contributed by atoms with Gasteiger partial charge < -0.3 is 14.1 Å². The first-order valence-corrected chi connectivity index (χ1v) is 8.82. The van der Waals surface area contributed by atoms with Gasteiger partial charge in [0, 0.05) is 39.3 Å². The van der Waals surface area contributed by atoms with Crippen molar-refractivity contribution in [2.24, 2.45) is 0 Å². The van der Waals surface area contributed by atoms with Gasteiger partial charge in [0.1, 0.15) is 12.4 Å². The molecular formula is C20H26N2O3. The number of furan rings is 1. The fourth-order valence-corrected chi connectivity index (χ4v) is 3.39. The maximum atomic E-state index is 12.8. The quantitative estimate of drug-likeness (QED) is 0.837. The fraction of sp³-hybridized carbons (Fsp3) is 0.450. The van der Waals surface area contributed by atoms with Crippen LogP contribution in [0.15, 0.2) is 46.9 Å². The third-order valence-corrected chi connectivity index (χ3v) is 4.60. The number of methoxy groups -OCH3 is 1. The fourth-order valence-electron chi connectivity index (χ4n) is 3.39. The minimum atomic E-state index is -0.0311. The van der Waals surface area contributed by atoms with E-state index in [0.29, 0.717) is 18.1 Å². The zero-order valence-corrected chi connectivity index (χ0v) is 15.0. The van der Waals surface area contributed by atoms with Gasteiger partial charge in [0.05, 0.1) is 0 Å². The van der Waals surface area contributed by atoms with E-state index in [0.717, 1.165) is 32.6 Å². The average Bonchev–Trinajstić information content (AvgIpc) is 3.00. The van der Waals surface area contributed by atoms with Crippen LogP contribution >= 0.6 is 0 Å². The number of carbonyl (C=O) groups excluding carboxylic acids is 1. The maximum absolute atomic E-state index is 12.8. The van der Waals surface area contributed by atoms with Gasteiger partial charge in [0.15, 0.2) is 5.76 Å². The molecule has 0 unspecified atom stereocenters. The molecule has 1 aromatic carbocycles. The molecule has 0 saturated carbocycles. The topological polar surface area (TPSA) is 45.9 Å². The second-order valence-corrected chi connectivity index (χ2v) is 6.62. The zero-order valence-electron chi connectivity index (χ0n) is 15.0. The largest absolute Gasteiger partial charge is 0.453 e. The summed E-state index contributed by atoms with van der Waals surface area (Å²) in [5.74, 6) is 1.05. The van der Waals surface area contributed by atoms with Gasteiger partial charge in [0.2, 0.25) is 0 Å². The van der Waals surface area contributed by atoms with Crippen LogP contribution in [0.2, 0.25) is 0 Å². The van der Waals surface area contributed by atoms with Crippen molar-refractivity contribution in [3.8, 4) is 0 Å². The van der Waals surface area contributed by atoms with Crippen molar-refractivity contribution < 1.29 is 13.9 Å². The highest BCUT2D eigenvalue weighted by atomic mass is 16.5. The van der Waals surface area contributed by atoms with E-state index < -0.39 is 0 Å². The molecule has 2 aromatic rings. The van der Waals surface area contributed by atoms with Gasteiger partial charge in [-0.25, -0.2) is 0 Å². The average molecular weight is 342 g/mol. The third kappa shape index (κ3) is 4.50. The van der Waals surface area contributed by atoms with Gasteiger partial charge in [-0.1, -0.05) is 30.3 Å². The predicted molar refractivity (Wildman–Crippen MR) is 96.3 cm³/mol. The molecule has 1 aliphatic rings. The summed E-state index contributed by atoms with van der Waals surface area (Å²) >= 11 is 0. The summed E-state index contributed by atoms with van der Waals surface area (Å²) in [7, 11) is 1.61. The molecule has 3 rings (SSSR count). The van der Waals surface area contributed by atoms with Crippen LogP contribution in [0.1, 0.15) is 35.2 Å². The number of hydrogen-bond acceptors (Lipinski definition) is 4. The van der Waals surface area contributed by atoms with Gasteiger partial charge in [-0.15, -0.1) is 0 Å². The molecule has 0 aliphatic carbocycles. The van der Waals surface area contributed by atoms with E-state index in [4.69, 9.17) is 9.15 Å². The molecule has 1 aromatic heterocycles. The van der Waals surface area contributed by atoms with Crippen LogP contribution in [0.4, 0.5) is 0 Å². The Labute approximate surface area is 149 Å². The molecule has 1 atom stereocenters. The van der Waals surface area contributed by atoms with E-state index in [2.05, 4.69) is 36.1 Å². The van der Waals surface area contributed by atoms with Crippen molar-refractivity contribution in [3.05, 3.63) is 59.5 Å². The van der Waals surface area contributed by atoms with Crippen LogP contribution in [-0.4, -0.2) is 48.5 Å². The van der Waals surface area contributed by atoms with E-state index in [-0.39, 0.29) is 11.9 Å². The van der Waals surface area contributed by atoms with Crippen molar-refractivity contribution >= 4 is 5.91 Å². The summed E-state index contributed by atoms with van der Waals surface area (Å²) in [4.78, 5) is 17.2. The number of benzene rings is 1. The SMILES string of the molecule is COCc1ccc(C(=O)N2CCCN(Cc3ccccc3)C[C@H]2C)o1. The van der Waals surface area contributed by atoms with Gasteiger partial charge in [-0.05, 0) is 31.0 Å². The molecule has 1 aliphatic heterocycles. The first-order valence-electron chi connectivity index (χ1n) is 8.82. The minimum Gasteiger partial charge on any atom is -0.453 e. The molecule has 1 fully saturated rings. The van der Waals surface area contributed by atoms with E-state index in [1.54, 1.807) is 19.2 Å². The zero-order chi connectivity index (χ0) is 17.6. The van der Waals surface area contributed by atoms with Crippen LogP contribution < -0.4 is 0 Å². The molecule has 0 radical (unpaired) electrons. The lowest BCUT2D eigenvalue weighted by atomic mass is 10.2. The van der Waals surface area contributed by atoms with E-state index in [1.807, 2.05) is 11.0 Å². The Morgan fingerprint density at radius 3 is 2.76 bits per heavy atom. The van der Waals surface area contributed by atoms with Crippen molar-refractivity contribution in [2.75, 3.05) is 26.7 Å². The molecule has 1 saturated heterocycles. The Kier molecular flexibility index (Phi) is 5.89. The monoisotopic (exact) mass is 342 g/mol. The second kappa shape index (κ2) is 8.32. The Hall–Kier alpha value is -2.11. The highest BCUT2D eigenvalue weighted by molar-refractivity contribution is 5.91. The van der Waals surface area contributed by atoms with Crippen LogP contribution in [0.25, 0.3) is 0 Å². The summed E-state index contributed by atoms with van der Waals surface area (Å²) < 4.78 is 10.7. The first kappa shape index (κ1) is 17.7. The van der Waals surface area contributed by atoms with Crippen molar-refractivity contribution in [2.45, 2.75) is 32.5 Å². The number of amides is 1. The lowest BCUT2D eigenvalue weighted by Gasteiger charge is -2.28. The van der Waals surface area contributed by atoms with E-state index in [1.165, 1.54) is 5.56 Å². The molecule has 134 valence electrons. The molecule has 1 amide bonds. The number of rotatable bonds is 5. The van der Waals surface area contributed by atoms with Crippen LogP contribution in [0.5, 0.6) is 0 Å². The molecule has 2 heterocycles. The number of nitrogens with zero attached hydrogens (tertiary/aromatic N) is 2. The van der Waals surface area contributed by atoms with Crippen LogP contribution in [0, 0.1) is 0 Å². The maximum Gasteiger partial charge on any atom is 0.289 e.